The van der Waals surface area contributed by atoms with E-state index in [1.54, 1.807) is 0 Å². The number of hydrogen-bond donors (Lipinski definition) is 4. The molecule has 1 aromatic carbocycles. The number of unbranched alkanes of at least 4 members (excludes halogenated alkanes) is 1. The van der Waals surface area contributed by atoms with Crippen LogP contribution in [0.2, 0.25) is 0 Å². The van der Waals surface area contributed by atoms with Crippen molar-refractivity contribution in [1.29, 1.82) is 5.41 Å². The number of rotatable bonds is 11. The predicted molar refractivity (Wildman–Crippen MR) is 138 cm³/mol. The van der Waals surface area contributed by atoms with Crippen molar-refractivity contribution < 1.29 is 14.7 Å². The summed E-state index contributed by atoms with van der Waals surface area (Å²) >= 11 is 0. The number of fused-ring (bicyclic) bond motifs is 1. The summed E-state index contributed by atoms with van der Waals surface area (Å²) in [6.07, 6.45) is 8.49. The Morgan fingerprint density at radius 1 is 1.20 bits per heavy atom. The molecule has 0 saturated carbocycles. The average Bonchev–Trinajstić information content (AvgIpc) is 3.57. The molecule has 2 aromatic rings. The normalized spacial score (nSPS) is 20.7. The largest absolute Gasteiger partial charge is 0.481 e. The molecule has 0 aliphatic carbocycles. The fourth-order valence-electron chi connectivity index (χ4n) is 5.99. The van der Waals surface area contributed by atoms with Crippen molar-refractivity contribution in [3.05, 3.63) is 35.0 Å². The van der Waals surface area contributed by atoms with Crippen LogP contribution in [0.15, 0.2) is 18.2 Å². The first kappa shape index (κ1) is 25.2. The number of amidine groups is 1. The molecule has 3 heterocycles. The maximum Gasteiger partial charge on any atom is 0.303 e. The second-order valence-electron chi connectivity index (χ2n) is 10.0. The van der Waals surface area contributed by atoms with Crippen molar-refractivity contribution in [2.45, 2.75) is 83.2 Å². The van der Waals surface area contributed by atoms with E-state index < -0.39 is 5.97 Å². The smallest absolute Gasteiger partial charge is 0.303 e. The molecule has 2 saturated heterocycles. The van der Waals surface area contributed by atoms with Crippen LogP contribution in [0.3, 0.4) is 0 Å². The Morgan fingerprint density at radius 3 is 2.74 bits per heavy atom. The molecule has 2 atom stereocenters. The number of amides is 1. The molecule has 2 aliphatic rings. The number of carbonyl (C=O) groups is 2. The van der Waals surface area contributed by atoms with Gasteiger partial charge in [-0.2, -0.15) is 0 Å². The third-order valence-corrected chi connectivity index (χ3v) is 7.78. The highest BCUT2D eigenvalue weighted by atomic mass is 16.4. The maximum absolute atomic E-state index is 13.5. The molecule has 0 radical (unpaired) electrons. The van der Waals surface area contributed by atoms with Gasteiger partial charge in [-0.05, 0) is 82.5 Å². The Morgan fingerprint density at radius 2 is 2.00 bits per heavy atom. The Kier molecular flexibility index (Phi) is 8.11. The van der Waals surface area contributed by atoms with Crippen LogP contribution in [0.5, 0.6) is 0 Å². The Hall–Kier alpha value is -2.87. The zero-order valence-corrected chi connectivity index (χ0v) is 20.8. The highest BCUT2D eigenvalue weighted by molar-refractivity contribution is 5.99. The number of nitrogen functional groups attached to an aromatic ring is 1. The Labute approximate surface area is 207 Å². The van der Waals surface area contributed by atoms with Crippen molar-refractivity contribution in [3.63, 3.8) is 0 Å². The van der Waals surface area contributed by atoms with Gasteiger partial charge >= 0.3 is 5.97 Å². The fourth-order valence-corrected chi connectivity index (χ4v) is 5.99. The van der Waals surface area contributed by atoms with E-state index in [-0.39, 0.29) is 30.2 Å². The summed E-state index contributed by atoms with van der Waals surface area (Å²) in [5, 5.41) is 17.8. The number of hydrogen-bond acceptors (Lipinski definition) is 4. The summed E-state index contributed by atoms with van der Waals surface area (Å²) in [5.41, 5.74) is 9.97. The number of H-pyrrole nitrogens is 1. The van der Waals surface area contributed by atoms with E-state index in [1.807, 2.05) is 12.1 Å². The number of nitrogens with zero attached hydrogens (tertiary/aromatic N) is 2. The van der Waals surface area contributed by atoms with E-state index >= 15 is 0 Å². The summed E-state index contributed by atoms with van der Waals surface area (Å²) in [6, 6.07) is 6.14. The monoisotopic (exact) mass is 481 g/mol. The van der Waals surface area contributed by atoms with Crippen LogP contribution < -0.4 is 5.73 Å². The summed E-state index contributed by atoms with van der Waals surface area (Å²) < 4.78 is 0. The number of benzene rings is 1. The average molecular weight is 482 g/mol. The predicted octanol–water partition coefficient (Wildman–Crippen LogP) is 3.66. The zero-order valence-electron chi connectivity index (χ0n) is 20.8. The van der Waals surface area contributed by atoms with Gasteiger partial charge < -0.3 is 20.7 Å². The summed E-state index contributed by atoms with van der Waals surface area (Å²) in [5.74, 6) is -0.412. The quantitative estimate of drug-likeness (QED) is 0.221. The van der Waals surface area contributed by atoms with Crippen LogP contribution in [0.25, 0.3) is 10.9 Å². The molecule has 5 N–H and O–H groups in total. The van der Waals surface area contributed by atoms with E-state index in [0.717, 1.165) is 82.1 Å². The molecule has 2 aliphatic heterocycles. The first-order valence-electron chi connectivity index (χ1n) is 13.1. The van der Waals surface area contributed by atoms with Crippen LogP contribution >= 0.6 is 0 Å². The number of carbonyl (C=O) groups excluding carboxylic acids is 1. The minimum absolute atomic E-state index is 0.0512. The van der Waals surface area contributed by atoms with E-state index in [0.29, 0.717) is 6.42 Å². The molecule has 8 nitrogen and oxygen atoms in total. The number of carboxylic acid groups (broad SMARTS) is 1. The second-order valence-corrected chi connectivity index (χ2v) is 10.0. The van der Waals surface area contributed by atoms with Gasteiger partial charge in [0, 0.05) is 41.2 Å². The summed E-state index contributed by atoms with van der Waals surface area (Å²) in [7, 11) is 0. The van der Waals surface area contributed by atoms with Gasteiger partial charge in [0.05, 0.1) is 6.04 Å². The molecular weight excluding hydrogens is 442 g/mol. The minimum atomic E-state index is -0.751. The molecule has 0 unspecified atom stereocenters. The molecule has 1 aromatic heterocycles. The van der Waals surface area contributed by atoms with E-state index in [1.165, 1.54) is 16.6 Å². The molecule has 1 amide bonds. The van der Waals surface area contributed by atoms with Gasteiger partial charge in [-0.25, -0.2) is 0 Å². The number of aliphatic carboxylic acids is 1. The maximum atomic E-state index is 13.5. The first-order valence-corrected chi connectivity index (χ1v) is 13.1. The second kappa shape index (κ2) is 11.2. The number of aryl methyl sites for hydroxylation is 2. The molecule has 2 fully saturated rings. The third kappa shape index (κ3) is 5.69. The van der Waals surface area contributed by atoms with Crippen LogP contribution in [-0.4, -0.2) is 69.3 Å². The fraction of sp³-hybridized carbons (Fsp3) is 0.593. The van der Waals surface area contributed by atoms with Crippen molar-refractivity contribution >= 4 is 28.6 Å². The standard InChI is InChI=1S/C27H39N5O3/c1-2-20-21-12-10-18(26(28)29)17-23(21)30-22(20)13-11-19-7-5-16-32(19)27(35)24-8-6-15-31(24)14-4-3-9-25(33)34/h10,12,17,19,24,30H,2-9,11,13-16H2,1H3,(H3,28,29)(H,33,34)/t19-,24+/m0/s1. The summed E-state index contributed by atoms with van der Waals surface area (Å²) in [4.78, 5) is 32.3. The van der Waals surface area contributed by atoms with Crippen LogP contribution in [-0.2, 0) is 22.4 Å². The zero-order chi connectivity index (χ0) is 24.9. The number of nitrogens with two attached hydrogens (primary N) is 1. The van der Waals surface area contributed by atoms with Crippen LogP contribution in [0, 0.1) is 5.41 Å². The highest BCUT2D eigenvalue weighted by Crippen LogP contribution is 2.30. The molecule has 190 valence electrons. The lowest BCUT2D eigenvalue weighted by atomic mass is 10.0. The number of carboxylic acids is 1. The van der Waals surface area contributed by atoms with E-state index in [4.69, 9.17) is 16.2 Å². The van der Waals surface area contributed by atoms with E-state index in [2.05, 4.69) is 27.8 Å². The van der Waals surface area contributed by atoms with Gasteiger partial charge in [0.2, 0.25) is 5.91 Å². The minimum Gasteiger partial charge on any atom is -0.481 e. The Balaban J connectivity index is 1.39. The van der Waals surface area contributed by atoms with Crippen molar-refractivity contribution in [2.24, 2.45) is 5.73 Å². The lowest BCUT2D eigenvalue weighted by Crippen LogP contribution is -2.47. The number of likely N-dealkylation sites (tertiary alicyclic amines) is 2. The van der Waals surface area contributed by atoms with Crippen molar-refractivity contribution in [1.82, 2.24) is 14.8 Å². The van der Waals surface area contributed by atoms with Gasteiger partial charge in [-0.1, -0.05) is 19.1 Å². The lowest BCUT2D eigenvalue weighted by molar-refractivity contribution is -0.138. The molecule has 35 heavy (non-hydrogen) atoms. The van der Waals surface area contributed by atoms with Crippen LogP contribution in [0.1, 0.15) is 75.1 Å². The van der Waals surface area contributed by atoms with E-state index in [9.17, 15) is 9.59 Å². The number of aromatic nitrogens is 1. The van der Waals surface area contributed by atoms with Gasteiger partial charge in [0.25, 0.3) is 0 Å². The molecular formula is C27H39N5O3. The molecule has 8 heteroatoms. The van der Waals surface area contributed by atoms with Crippen LogP contribution in [0.4, 0.5) is 0 Å². The highest BCUT2D eigenvalue weighted by Gasteiger charge is 2.37. The number of aromatic amines is 1. The lowest BCUT2D eigenvalue weighted by Gasteiger charge is -2.31. The molecule has 0 bridgehead atoms. The van der Waals surface area contributed by atoms with Crippen molar-refractivity contribution in [2.75, 3.05) is 19.6 Å². The van der Waals surface area contributed by atoms with Gasteiger partial charge in [-0.3, -0.25) is 19.9 Å². The molecule has 0 spiro atoms. The van der Waals surface area contributed by atoms with Gasteiger partial charge in [0.1, 0.15) is 5.84 Å². The molecule has 4 rings (SSSR count). The number of nitrogens with one attached hydrogen (secondary N) is 2. The third-order valence-electron chi connectivity index (χ3n) is 7.78. The van der Waals surface area contributed by atoms with Gasteiger partial charge in [-0.15, -0.1) is 0 Å². The Bertz CT molecular complexity index is 1080. The first-order chi connectivity index (χ1) is 16.9. The SMILES string of the molecule is CCc1c(CC[C@@H]2CCCN2C(=O)[C@H]2CCCN2CCCCC(=O)O)[nH]c2cc(C(=N)N)ccc12. The summed E-state index contributed by atoms with van der Waals surface area (Å²) in [6.45, 7) is 4.74. The topological polar surface area (TPSA) is 127 Å². The van der Waals surface area contributed by atoms with Crippen molar-refractivity contribution in [3.8, 4) is 0 Å². The van der Waals surface area contributed by atoms with Gasteiger partial charge in [0.15, 0.2) is 0 Å².